The molecule has 1 amide bonds. The number of nitrogens with one attached hydrogen (secondary N) is 2. The lowest BCUT2D eigenvalue weighted by Gasteiger charge is -2.15. The Morgan fingerprint density at radius 3 is 2.33 bits per heavy atom. The fourth-order valence-electron chi connectivity index (χ4n) is 2.71. The summed E-state index contributed by atoms with van der Waals surface area (Å²) in [7, 11) is 0. The van der Waals surface area contributed by atoms with Crippen molar-refractivity contribution in [1.29, 1.82) is 0 Å². The summed E-state index contributed by atoms with van der Waals surface area (Å²) in [6.45, 7) is 2.09. The van der Waals surface area contributed by atoms with Gasteiger partial charge in [0.25, 0.3) is 5.91 Å². The van der Waals surface area contributed by atoms with Crippen LogP contribution in [0.4, 0.5) is 39.0 Å². The largest absolute Gasteiger partial charge is 0.416 e. The zero-order valence-electron chi connectivity index (χ0n) is 16.4. The smallest absolute Gasteiger partial charge is 0.397 e. The number of benzene rings is 2. The molecule has 2 rings (SSSR count). The molecule has 4 nitrogen and oxygen atoms in total. The van der Waals surface area contributed by atoms with E-state index >= 15 is 0 Å². The normalized spacial score (nSPS) is 13.5. The van der Waals surface area contributed by atoms with Crippen LogP contribution < -0.4 is 16.4 Å². The van der Waals surface area contributed by atoms with Gasteiger partial charge >= 0.3 is 6.18 Å². The summed E-state index contributed by atoms with van der Waals surface area (Å²) in [4.78, 5) is 11.9. The van der Waals surface area contributed by atoms with Gasteiger partial charge in [0, 0.05) is 12.2 Å². The van der Waals surface area contributed by atoms with Crippen molar-refractivity contribution in [2.75, 3.05) is 16.4 Å². The van der Waals surface area contributed by atoms with Gasteiger partial charge in [0.15, 0.2) is 0 Å². The molecule has 0 spiro atoms. The Kier molecular flexibility index (Phi) is 8.02. The highest BCUT2D eigenvalue weighted by Crippen LogP contribution is 2.29. The van der Waals surface area contributed by atoms with E-state index in [1.807, 2.05) is 6.92 Å². The molecule has 0 aliphatic carbocycles. The molecule has 0 aliphatic heterocycles. The fourth-order valence-corrected chi connectivity index (χ4v) is 2.71. The van der Waals surface area contributed by atoms with Crippen molar-refractivity contribution < 1.29 is 26.7 Å². The van der Waals surface area contributed by atoms with Crippen molar-refractivity contribution in [3.8, 4) is 0 Å². The van der Waals surface area contributed by atoms with Gasteiger partial charge in [-0.2, -0.15) is 13.2 Å². The molecule has 0 unspecified atom stereocenters. The highest BCUT2D eigenvalue weighted by Gasteiger charge is 2.30. The van der Waals surface area contributed by atoms with Gasteiger partial charge in [0.1, 0.15) is 6.17 Å². The minimum atomic E-state index is -4.39. The van der Waals surface area contributed by atoms with Gasteiger partial charge in [-0.15, -0.1) is 0 Å². The molecular weight excluding hydrogens is 405 g/mol. The molecule has 0 bridgehead atoms. The molecule has 0 saturated carbocycles. The minimum absolute atomic E-state index is 0.0343. The monoisotopic (exact) mass is 429 g/mol. The lowest BCUT2D eigenvalue weighted by molar-refractivity contribution is -0.137. The predicted molar refractivity (Wildman–Crippen MR) is 108 cm³/mol. The van der Waals surface area contributed by atoms with Gasteiger partial charge in [0.05, 0.1) is 16.9 Å². The van der Waals surface area contributed by atoms with Crippen LogP contribution in [0.1, 0.15) is 37.3 Å². The SMILES string of the molecule is CCCC[C@@H](F)[C@H](F)C(=O)Nc1ccc(NCc2ccc(C(F)(F)F)cc2)cc1N. The zero-order valence-corrected chi connectivity index (χ0v) is 16.4. The number of halogens is 5. The van der Waals surface area contributed by atoms with E-state index in [0.29, 0.717) is 24.1 Å². The number of nitrogen functional groups attached to an aromatic ring is 1. The van der Waals surface area contributed by atoms with Crippen LogP contribution in [-0.2, 0) is 17.5 Å². The van der Waals surface area contributed by atoms with Crippen molar-refractivity contribution in [3.63, 3.8) is 0 Å². The lowest BCUT2D eigenvalue weighted by atomic mass is 10.1. The molecule has 0 fully saturated rings. The molecule has 0 radical (unpaired) electrons. The Morgan fingerprint density at radius 1 is 1.10 bits per heavy atom. The maximum Gasteiger partial charge on any atom is 0.416 e. The highest BCUT2D eigenvalue weighted by atomic mass is 19.4. The molecule has 0 saturated heterocycles. The average Bonchev–Trinajstić information content (AvgIpc) is 2.71. The standard InChI is InChI=1S/C21H24F5N3O/c1-2-3-4-16(22)19(23)20(30)29-18-10-9-15(11-17(18)27)28-12-13-5-7-14(8-6-13)21(24,25)26/h5-11,16,19,28H,2-4,12,27H2,1H3,(H,29,30)/t16-,19+/m1/s1. The second-order valence-electron chi connectivity index (χ2n) is 6.90. The van der Waals surface area contributed by atoms with E-state index in [2.05, 4.69) is 10.6 Å². The van der Waals surface area contributed by atoms with E-state index < -0.39 is 30.0 Å². The van der Waals surface area contributed by atoms with E-state index in [1.54, 1.807) is 6.07 Å². The van der Waals surface area contributed by atoms with Crippen molar-refractivity contribution in [2.24, 2.45) is 0 Å². The average molecular weight is 429 g/mol. The van der Waals surface area contributed by atoms with Crippen LogP contribution in [0.15, 0.2) is 42.5 Å². The molecule has 2 aromatic rings. The van der Waals surface area contributed by atoms with Crippen LogP contribution in [0.3, 0.4) is 0 Å². The quantitative estimate of drug-likeness (QED) is 0.354. The number of hydrogen-bond acceptors (Lipinski definition) is 3. The van der Waals surface area contributed by atoms with E-state index in [1.165, 1.54) is 24.3 Å². The van der Waals surface area contributed by atoms with Crippen molar-refractivity contribution in [3.05, 3.63) is 53.6 Å². The van der Waals surface area contributed by atoms with E-state index in [9.17, 15) is 26.7 Å². The first-order valence-corrected chi connectivity index (χ1v) is 9.50. The third kappa shape index (κ3) is 6.60. The molecule has 4 N–H and O–H groups in total. The summed E-state index contributed by atoms with van der Waals surface area (Å²) in [6, 6.07) is 9.20. The second kappa shape index (κ2) is 10.3. The third-order valence-corrected chi connectivity index (χ3v) is 4.49. The van der Waals surface area contributed by atoms with Gasteiger partial charge in [-0.05, 0) is 42.3 Å². The molecule has 2 atom stereocenters. The number of nitrogens with two attached hydrogens (primary N) is 1. The van der Waals surface area contributed by atoms with Crippen molar-refractivity contribution in [1.82, 2.24) is 0 Å². The van der Waals surface area contributed by atoms with Crippen LogP contribution in [0.2, 0.25) is 0 Å². The maximum absolute atomic E-state index is 13.9. The molecule has 0 aliphatic rings. The molecule has 0 aromatic heterocycles. The number of carbonyl (C=O) groups is 1. The predicted octanol–water partition coefficient (Wildman–Crippen LogP) is 5.70. The number of carbonyl (C=O) groups excluding carboxylic acids is 1. The number of amides is 1. The Labute approximate surface area is 171 Å². The van der Waals surface area contributed by atoms with Crippen LogP contribution in [0, 0.1) is 0 Å². The van der Waals surface area contributed by atoms with Gasteiger partial charge in [-0.25, -0.2) is 8.78 Å². The number of unbranched alkanes of at least 4 members (excludes halogenated alkanes) is 1. The molecule has 164 valence electrons. The summed E-state index contributed by atoms with van der Waals surface area (Å²) in [6.07, 6.45) is -7.41. The summed E-state index contributed by atoms with van der Waals surface area (Å²) < 4.78 is 65.4. The second-order valence-corrected chi connectivity index (χ2v) is 6.90. The first-order valence-electron chi connectivity index (χ1n) is 9.50. The molecule has 0 heterocycles. The minimum Gasteiger partial charge on any atom is -0.397 e. The van der Waals surface area contributed by atoms with Crippen molar-refractivity contribution in [2.45, 2.75) is 51.3 Å². The Hall–Kier alpha value is -2.84. The zero-order chi connectivity index (χ0) is 22.3. The van der Waals surface area contributed by atoms with Gasteiger partial charge in [-0.3, -0.25) is 4.79 Å². The number of alkyl halides is 5. The van der Waals surface area contributed by atoms with Crippen LogP contribution >= 0.6 is 0 Å². The summed E-state index contributed by atoms with van der Waals surface area (Å²) in [5.74, 6) is -1.10. The summed E-state index contributed by atoms with van der Waals surface area (Å²) >= 11 is 0. The summed E-state index contributed by atoms with van der Waals surface area (Å²) in [5, 5.41) is 5.27. The molecule has 2 aromatic carbocycles. The first-order chi connectivity index (χ1) is 14.1. The Morgan fingerprint density at radius 2 is 1.77 bits per heavy atom. The number of anilines is 3. The van der Waals surface area contributed by atoms with E-state index in [4.69, 9.17) is 5.73 Å². The van der Waals surface area contributed by atoms with Gasteiger partial charge in [0.2, 0.25) is 6.17 Å². The first kappa shape index (κ1) is 23.4. The van der Waals surface area contributed by atoms with Crippen molar-refractivity contribution >= 4 is 23.0 Å². The van der Waals surface area contributed by atoms with Gasteiger partial charge < -0.3 is 16.4 Å². The third-order valence-electron chi connectivity index (χ3n) is 4.49. The topological polar surface area (TPSA) is 67.2 Å². The number of rotatable bonds is 9. The molecular formula is C21H24F5N3O. The fraction of sp³-hybridized carbons (Fsp3) is 0.381. The maximum atomic E-state index is 13.9. The highest BCUT2D eigenvalue weighted by molar-refractivity contribution is 5.97. The number of hydrogen-bond donors (Lipinski definition) is 3. The van der Waals surface area contributed by atoms with Crippen LogP contribution in [0.5, 0.6) is 0 Å². The Balaban J connectivity index is 1.94. The van der Waals surface area contributed by atoms with Gasteiger partial charge in [-0.1, -0.05) is 31.9 Å². The lowest BCUT2D eigenvalue weighted by Crippen LogP contribution is -2.32. The van der Waals surface area contributed by atoms with Crippen LogP contribution in [0.25, 0.3) is 0 Å². The van der Waals surface area contributed by atoms with E-state index in [0.717, 1.165) is 12.1 Å². The van der Waals surface area contributed by atoms with Crippen LogP contribution in [-0.4, -0.2) is 18.3 Å². The Bertz CT molecular complexity index is 840. The molecule has 9 heteroatoms. The van der Waals surface area contributed by atoms with E-state index in [-0.39, 0.29) is 24.3 Å². The summed E-state index contributed by atoms with van der Waals surface area (Å²) in [5.41, 5.74) is 6.59. The molecule has 30 heavy (non-hydrogen) atoms.